The van der Waals surface area contributed by atoms with Crippen molar-refractivity contribution in [3.63, 3.8) is 0 Å². The predicted octanol–water partition coefficient (Wildman–Crippen LogP) is 7.70. The van der Waals surface area contributed by atoms with E-state index in [0.29, 0.717) is 51.8 Å². The summed E-state index contributed by atoms with van der Waals surface area (Å²) in [5.74, 6) is -1.39. The standard InChI is InChI=1S/C37H32Br2N2O5/c1-3-7-29(34(42)21-8-5-4-6-9-21)46-37(45)24-18-28(40-27-15-10-19(2)16-23(24)27)20-11-13-22(14-12-20)41-35(43)30-25-17-26(31(30)36(41)44)33(39)32(25)38/h4-6,8-16,18,25-26,29-33H,3,7,17H2,1-2H3. The fraction of sp³-hybridized carbons (Fsp3) is 0.324. The van der Waals surface area contributed by atoms with Crippen LogP contribution in [0.4, 0.5) is 5.69 Å². The fourth-order valence-corrected chi connectivity index (χ4v) is 9.40. The second-order valence-electron chi connectivity index (χ2n) is 12.6. The van der Waals surface area contributed by atoms with E-state index in [1.54, 1.807) is 42.5 Å². The number of aryl methyl sites for hydroxylation is 1. The van der Waals surface area contributed by atoms with E-state index in [4.69, 9.17) is 9.72 Å². The second-order valence-corrected chi connectivity index (χ2v) is 14.7. The lowest BCUT2D eigenvalue weighted by Crippen LogP contribution is -2.37. The molecular formula is C37H32Br2N2O5. The summed E-state index contributed by atoms with van der Waals surface area (Å²) in [5.41, 5.74) is 4.17. The highest BCUT2D eigenvalue weighted by Gasteiger charge is 2.66. The third-order valence-electron chi connectivity index (χ3n) is 9.74. The first kappa shape index (κ1) is 30.9. The number of rotatable bonds is 8. The molecule has 0 radical (unpaired) electrons. The molecule has 2 saturated carbocycles. The average Bonchev–Trinajstić information content (AvgIpc) is 3.68. The largest absolute Gasteiger partial charge is 0.450 e. The maximum absolute atomic E-state index is 13.8. The molecule has 234 valence electrons. The second kappa shape index (κ2) is 12.2. The van der Waals surface area contributed by atoms with Crippen LogP contribution in [-0.2, 0) is 14.3 Å². The summed E-state index contributed by atoms with van der Waals surface area (Å²) in [6, 6.07) is 23.4. The van der Waals surface area contributed by atoms with Gasteiger partial charge in [0.15, 0.2) is 6.10 Å². The number of ketones is 1. The van der Waals surface area contributed by atoms with Crippen molar-refractivity contribution in [3.05, 3.63) is 95.6 Å². The van der Waals surface area contributed by atoms with Crippen LogP contribution in [0.2, 0.25) is 0 Å². The molecule has 3 aliphatic rings. The normalized spacial score (nSPS) is 25.6. The van der Waals surface area contributed by atoms with Gasteiger partial charge in [0.1, 0.15) is 0 Å². The maximum atomic E-state index is 13.8. The highest BCUT2D eigenvalue weighted by molar-refractivity contribution is 9.12. The third kappa shape index (κ3) is 5.12. The van der Waals surface area contributed by atoms with Crippen LogP contribution in [0.5, 0.6) is 0 Å². The monoisotopic (exact) mass is 742 g/mol. The van der Waals surface area contributed by atoms with Gasteiger partial charge in [-0.05, 0) is 61.9 Å². The number of alkyl halides is 2. The first-order valence-corrected chi connectivity index (χ1v) is 17.5. The Bertz CT molecular complexity index is 1850. The Balaban J connectivity index is 1.19. The molecule has 7 atom stereocenters. The third-order valence-corrected chi connectivity index (χ3v) is 13.0. The number of hydrogen-bond acceptors (Lipinski definition) is 6. The number of Topliss-reactive ketones (excluding diaryl/α,β-unsaturated/α-hetero) is 1. The Hall–Kier alpha value is -3.69. The molecule has 1 aliphatic heterocycles. The van der Waals surface area contributed by atoms with Crippen molar-refractivity contribution in [1.82, 2.24) is 4.98 Å². The van der Waals surface area contributed by atoms with E-state index < -0.39 is 12.1 Å². The molecule has 1 aromatic heterocycles. The summed E-state index contributed by atoms with van der Waals surface area (Å²) < 4.78 is 5.91. The first-order chi connectivity index (χ1) is 22.2. The number of nitrogens with zero attached hydrogens (tertiary/aromatic N) is 2. The van der Waals surface area contributed by atoms with E-state index in [0.717, 1.165) is 12.0 Å². The lowest BCUT2D eigenvalue weighted by Gasteiger charge is -2.28. The number of esters is 1. The Morgan fingerprint density at radius 3 is 2.20 bits per heavy atom. The molecule has 46 heavy (non-hydrogen) atoms. The molecule has 0 N–H and O–H groups in total. The summed E-state index contributed by atoms with van der Waals surface area (Å²) in [5, 5.41) is 0.636. The summed E-state index contributed by atoms with van der Waals surface area (Å²) in [6.45, 7) is 3.89. The Morgan fingerprint density at radius 2 is 1.57 bits per heavy atom. The van der Waals surface area contributed by atoms with Gasteiger partial charge in [-0.1, -0.05) is 99.3 Å². The number of carbonyl (C=O) groups is 4. The molecule has 2 heterocycles. The molecule has 7 unspecified atom stereocenters. The number of aromatic nitrogens is 1. The minimum atomic E-state index is -0.916. The molecule has 1 saturated heterocycles. The predicted molar refractivity (Wildman–Crippen MR) is 183 cm³/mol. The molecule has 2 aliphatic carbocycles. The van der Waals surface area contributed by atoms with Gasteiger partial charge >= 0.3 is 5.97 Å². The highest BCUT2D eigenvalue weighted by atomic mass is 79.9. The zero-order chi connectivity index (χ0) is 32.3. The summed E-state index contributed by atoms with van der Waals surface area (Å²) in [7, 11) is 0. The van der Waals surface area contributed by atoms with Crippen LogP contribution in [0.3, 0.4) is 0 Å². The van der Waals surface area contributed by atoms with Crippen LogP contribution < -0.4 is 4.90 Å². The zero-order valence-electron chi connectivity index (χ0n) is 25.4. The quantitative estimate of drug-likeness (QED) is 0.0795. The number of hydrogen-bond donors (Lipinski definition) is 0. The van der Waals surface area contributed by atoms with Crippen LogP contribution in [0.25, 0.3) is 22.2 Å². The summed E-state index contributed by atoms with van der Waals surface area (Å²) in [6.07, 6.45) is 1.03. The average molecular weight is 744 g/mol. The molecule has 3 fully saturated rings. The van der Waals surface area contributed by atoms with Crippen molar-refractivity contribution in [2.75, 3.05) is 4.90 Å². The number of imide groups is 1. The number of benzene rings is 3. The van der Waals surface area contributed by atoms with E-state index in [1.165, 1.54) is 4.90 Å². The molecule has 0 spiro atoms. The van der Waals surface area contributed by atoms with Gasteiger partial charge in [0.25, 0.3) is 0 Å². The maximum Gasteiger partial charge on any atom is 0.339 e. The number of amides is 2. The topological polar surface area (TPSA) is 93.6 Å². The van der Waals surface area contributed by atoms with Gasteiger partial charge in [0.2, 0.25) is 17.6 Å². The number of ether oxygens (including phenoxy) is 1. The fourth-order valence-electron chi connectivity index (χ4n) is 7.53. The van der Waals surface area contributed by atoms with Gasteiger partial charge in [-0.2, -0.15) is 0 Å². The van der Waals surface area contributed by atoms with Crippen molar-refractivity contribution in [1.29, 1.82) is 0 Å². The molecule has 7 rings (SSSR count). The van der Waals surface area contributed by atoms with E-state index >= 15 is 0 Å². The van der Waals surface area contributed by atoms with Gasteiger partial charge < -0.3 is 4.74 Å². The molecule has 7 nitrogen and oxygen atoms in total. The number of halogens is 2. The minimum absolute atomic E-state index is 0.130. The van der Waals surface area contributed by atoms with Crippen molar-refractivity contribution in [3.8, 4) is 11.3 Å². The van der Waals surface area contributed by atoms with Crippen LogP contribution in [0, 0.1) is 30.6 Å². The number of anilines is 1. The van der Waals surface area contributed by atoms with Gasteiger partial charge in [-0.15, -0.1) is 0 Å². The molecular weight excluding hydrogens is 712 g/mol. The Kier molecular flexibility index (Phi) is 8.18. The molecule has 9 heteroatoms. The van der Waals surface area contributed by atoms with Crippen LogP contribution in [0.1, 0.15) is 52.5 Å². The Labute approximate surface area is 284 Å². The van der Waals surface area contributed by atoms with E-state index in [9.17, 15) is 19.2 Å². The SMILES string of the molecule is CCCC(OC(=O)c1cc(-c2ccc(N3C(=O)C4C5CC(C(Br)C5Br)C4C3=O)cc2)nc2ccc(C)cc12)C(=O)c1ccccc1. The Morgan fingerprint density at radius 1 is 0.913 bits per heavy atom. The van der Waals surface area contributed by atoms with E-state index in [1.807, 2.05) is 50.2 Å². The van der Waals surface area contributed by atoms with Crippen molar-refractivity contribution in [2.45, 2.75) is 48.9 Å². The summed E-state index contributed by atoms with van der Waals surface area (Å²) >= 11 is 7.49. The van der Waals surface area contributed by atoms with Crippen LogP contribution in [0.15, 0.2) is 78.9 Å². The molecule has 4 aromatic rings. The van der Waals surface area contributed by atoms with E-state index in [2.05, 4.69) is 31.9 Å². The zero-order valence-corrected chi connectivity index (χ0v) is 28.5. The van der Waals surface area contributed by atoms with Crippen molar-refractivity contribution in [2.24, 2.45) is 23.7 Å². The lowest BCUT2D eigenvalue weighted by molar-refractivity contribution is -0.123. The number of pyridine rings is 1. The van der Waals surface area contributed by atoms with Gasteiger partial charge in [0.05, 0.1) is 34.3 Å². The first-order valence-electron chi connectivity index (χ1n) is 15.7. The van der Waals surface area contributed by atoms with Gasteiger partial charge in [-0.3, -0.25) is 19.3 Å². The molecule has 2 amide bonds. The number of fused-ring (bicyclic) bond motifs is 6. The van der Waals surface area contributed by atoms with Gasteiger partial charge in [0, 0.05) is 26.2 Å². The van der Waals surface area contributed by atoms with Gasteiger partial charge in [-0.25, -0.2) is 9.78 Å². The smallest absolute Gasteiger partial charge is 0.339 e. The van der Waals surface area contributed by atoms with Crippen molar-refractivity contribution >= 4 is 72.0 Å². The van der Waals surface area contributed by atoms with E-state index in [-0.39, 0.29) is 50.9 Å². The van der Waals surface area contributed by atoms with Crippen LogP contribution >= 0.6 is 31.9 Å². The summed E-state index contributed by atoms with van der Waals surface area (Å²) in [4.78, 5) is 60.7. The van der Waals surface area contributed by atoms with Crippen molar-refractivity contribution < 1.29 is 23.9 Å². The van der Waals surface area contributed by atoms with Crippen LogP contribution in [-0.4, -0.2) is 44.3 Å². The lowest BCUT2D eigenvalue weighted by atomic mass is 9.81. The minimum Gasteiger partial charge on any atom is -0.450 e. The highest BCUT2D eigenvalue weighted by Crippen LogP contribution is 2.60. The molecule has 2 bridgehead atoms. The molecule has 3 aromatic carbocycles. The number of carbonyl (C=O) groups excluding carboxylic acids is 4.